The van der Waals surface area contributed by atoms with Crippen molar-refractivity contribution in [1.82, 2.24) is 15.0 Å². The number of pyridine rings is 2. The van der Waals surface area contributed by atoms with Gasteiger partial charge in [-0.15, -0.1) is 11.3 Å². The lowest BCUT2D eigenvalue weighted by atomic mass is 10.2. The molecule has 0 aliphatic rings. The van der Waals surface area contributed by atoms with Crippen LogP contribution in [0.15, 0.2) is 51.3 Å². The molecule has 3 heterocycles. The van der Waals surface area contributed by atoms with Gasteiger partial charge in [0.2, 0.25) is 0 Å². The third-order valence-electron chi connectivity index (χ3n) is 4.01. The SMILES string of the molecule is Cc1csc(Sc2cc(C)nc3c(OCc4c(Cl)cncc4Cl)cccc23)n1. The number of thiazole rings is 1. The van der Waals surface area contributed by atoms with Crippen molar-refractivity contribution in [2.75, 3.05) is 0 Å². The largest absolute Gasteiger partial charge is 0.487 e. The fraction of sp³-hybridized carbons (Fsp3) is 0.150. The molecule has 4 rings (SSSR count). The van der Waals surface area contributed by atoms with E-state index in [-0.39, 0.29) is 6.61 Å². The van der Waals surface area contributed by atoms with Crippen molar-refractivity contribution in [2.24, 2.45) is 0 Å². The van der Waals surface area contributed by atoms with Crippen LogP contribution in [0.3, 0.4) is 0 Å². The summed E-state index contributed by atoms with van der Waals surface area (Å²) in [5, 5.41) is 4.03. The monoisotopic (exact) mass is 447 g/mol. The summed E-state index contributed by atoms with van der Waals surface area (Å²) < 4.78 is 7.06. The molecule has 0 unspecified atom stereocenters. The number of aryl methyl sites for hydroxylation is 2. The van der Waals surface area contributed by atoms with Gasteiger partial charge in [0.1, 0.15) is 17.9 Å². The summed E-state index contributed by atoms with van der Waals surface area (Å²) in [5.41, 5.74) is 3.45. The van der Waals surface area contributed by atoms with Crippen LogP contribution >= 0.6 is 46.3 Å². The first-order chi connectivity index (χ1) is 13.5. The molecule has 8 heteroatoms. The van der Waals surface area contributed by atoms with E-state index in [9.17, 15) is 0 Å². The lowest BCUT2D eigenvalue weighted by molar-refractivity contribution is 0.309. The van der Waals surface area contributed by atoms with Crippen molar-refractivity contribution in [3.8, 4) is 5.75 Å². The van der Waals surface area contributed by atoms with E-state index in [0.717, 1.165) is 31.5 Å². The Morgan fingerprint density at radius 3 is 2.57 bits per heavy atom. The van der Waals surface area contributed by atoms with E-state index in [1.165, 1.54) is 0 Å². The van der Waals surface area contributed by atoms with Crippen molar-refractivity contribution in [3.63, 3.8) is 0 Å². The topological polar surface area (TPSA) is 47.9 Å². The standard InChI is InChI=1S/C20H15Cl2N3OS2/c1-11-6-18(28-20-25-12(2)10-27-20)13-4-3-5-17(19(13)24-11)26-9-14-15(21)7-23-8-16(14)22/h3-8,10H,9H2,1-2H3. The summed E-state index contributed by atoms with van der Waals surface area (Å²) in [7, 11) is 0. The molecule has 3 aromatic heterocycles. The van der Waals surface area contributed by atoms with Crippen LogP contribution in [0.4, 0.5) is 0 Å². The van der Waals surface area contributed by atoms with E-state index in [1.54, 1.807) is 35.5 Å². The summed E-state index contributed by atoms with van der Waals surface area (Å²) in [4.78, 5) is 14.3. The van der Waals surface area contributed by atoms with Crippen LogP contribution in [-0.2, 0) is 6.61 Å². The lowest BCUT2D eigenvalue weighted by Gasteiger charge is -2.13. The number of fused-ring (bicyclic) bond motifs is 1. The number of rotatable bonds is 5. The van der Waals surface area contributed by atoms with Crippen molar-refractivity contribution in [1.29, 1.82) is 0 Å². The van der Waals surface area contributed by atoms with E-state index < -0.39 is 0 Å². The molecule has 0 aliphatic heterocycles. The fourth-order valence-corrected chi connectivity index (χ4v) is 5.20. The van der Waals surface area contributed by atoms with E-state index in [4.69, 9.17) is 32.9 Å². The first kappa shape index (κ1) is 19.5. The molecular formula is C20H15Cl2N3OS2. The van der Waals surface area contributed by atoms with Crippen molar-refractivity contribution >= 4 is 57.2 Å². The van der Waals surface area contributed by atoms with E-state index >= 15 is 0 Å². The van der Waals surface area contributed by atoms with Crippen LogP contribution in [0, 0.1) is 13.8 Å². The third kappa shape index (κ3) is 4.10. The third-order valence-corrected chi connectivity index (χ3v) is 6.78. The number of nitrogens with zero attached hydrogens (tertiary/aromatic N) is 3. The van der Waals surface area contributed by atoms with Gasteiger partial charge in [0, 0.05) is 45.0 Å². The van der Waals surface area contributed by atoms with Gasteiger partial charge in [-0.3, -0.25) is 4.98 Å². The Bertz CT molecular complexity index is 1140. The Hall–Kier alpha value is -1.86. The van der Waals surface area contributed by atoms with Crippen LogP contribution < -0.4 is 4.74 Å². The maximum atomic E-state index is 6.20. The lowest BCUT2D eigenvalue weighted by Crippen LogP contribution is -2.00. The van der Waals surface area contributed by atoms with Gasteiger partial charge >= 0.3 is 0 Å². The second-order valence-corrected chi connectivity index (χ2v) is 9.10. The minimum absolute atomic E-state index is 0.239. The van der Waals surface area contributed by atoms with Gasteiger partial charge in [-0.2, -0.15) is 0 Å². The quantitative estimate of drug-likeness (QED) is 0.338. The van der Waals surface area contributed by atoms with Gasteiger partial charge in [0.05, 0.1) is 10.0 Å². The molecule has 0 saturated carbocycles. The number of hydrogen-bond acceptors (Lipinski definition) is 6. The van der Waals surface area contributed by atoms with Crippen LogP contribution in [0.5, 0.6) is 5.75 Å². The summed E-state index contributed by atoms with van der Waals surface area (Å²) in [5.74, 6) is 0.683. The molecule has 0 radical (unpaired) electrons. The summed E-state index contributed by atoms with van der Waals surface area (Å²) in [6.07, 6.45) is 3.12. The zero-order valence-electron chi connectivity index (χ0n) is 15.1. The predicted molar refractivity (Wildman–Crippen MR) is 116 cm³/mol. The van der Waals surface area contributed by atoms with E-state index in [2.05, 4.69) is 21.4 Å². The number of ether oxygens (including phenoxy) is 1. The predicted octanol–water partition coefficient (Wildman–Crippen LogP) is 6.74. The van der Waals surface area contributed by atoms with Crippen LogP contribution in [0.2, 0.25) is 10.0 Å². The van der Waals surface area contributed by atoms with E-state index in [1.807, 2.05) is 32.0 Å². The van der Waals surface area contributed by atoms with Gasteiger partial charge in [-0.05, 0) is 26.0 Å². The maximum absolute atomic E-state index is 6.20. The molecule has 0 aliphatic carbocycles. The Morgan fingerprint density at radius 2 is 1.86 bits per heavy atom. The second kappa shape index (κ2) is 8.25. The van der Waals surface area contributed by atoms with Crippen LogP contribution in [0.25, 0.3) is 10.9 Å². The van der Waals surface area contributed by atoms with Gasteiger partial charge in [-0.1, -0.05) is 47.1 Å². The average molecular weight is 448 g/mol. The summed E-state index contributed by atoms with van der Waals surface area (Å²) in [6, 6.07) is 7.98. The molecule has 4 nitrogen and oxygen atoms in total. The van der Waals surface area contributed by atoms with Gasteiger partial charge in [-0.25, -0.2) is 9.97 Å². The molecule has 0 bridgehead atoms. The Balaban J connectivity index is 1.70. The smallest absolute Gasteiger partial charge is 0.154 e. The fourth-order valence-electron chi connectivity index (χ4n) is 2.71. The first-order valence-electron chi connectivity index (χ1n) is 8.42. The second-order valence-electron chi connectivity index (χ2n) is 6.14. The molecule has 0 atom stereocenters. The minimum Gasteiger partial charge on any atom is -0.487 e. The minimum atomic E-state index is 0.239. The first-order valence-corrected chi connectivity index (χ1v) is 10.9. The van der Waals surface area contributed by atoms with E-state index in [0.29, 0.717) is 21.4 Å². The molecule has 1 aromatic carbocycles. The average Bonchev–Trinajstić information content (AvgIpc) is 3.06. The zero-order chi connectivity index (χ0) is 19.7. The Kier molecular flexibility index (Phi) is 5.73. The normalized spacial score (nSPS) is 11.1. The number of hydrogen-bond donors (Lipinski definition) is 0. The molecule has 28 heavy (non-hydrogen) atoms. The number of para-hydroxylation sites is 1. The van der Waals surface area contributed by atoms with Crippen LogP contribution in [-0.4, -0.2) is 15.0 Å². The van der Waals surface area contributed by atoms with Gasteiger partial charge in [0.15, 0.2) is 4.34 Å². The van der Waals surface area contributed by atoms with Crippen LogP contribution in [0.1, 0.15) is 17.0 Å². The van der Waals surface area contributed by atoms with Crippen molar-refractivity contribution in [2.45, 2.75) is 29.7 Å². The number of benzene rings is 1. The van der Waals surface area contributed by atoms with Crippen molar-refractivity contribution in [3.05, 3.63) is 69.0 Å². The summed E-state index contributed by atoms with van der Waals surface area (Å²) >= 11 is 15.7. The molecule has 4 aromatic rings. The Labute approximate surface area is 180 Å². The van der Waals surface area contributed by atoms with Gasteiger partial charge in [0.25, 0.3) is 0 Å². The molecule has 142 valence electrons. The highest BCUT2D eigenvalue weighted by atomic mass is 35.5. The van der Waals surface area contributed by atoms with Crippen molar-refractivity contribution < 1.29 is 4.74 Å². The highest BCUT2D eigenvalue weighted by Crippen LogP contribution is 2.38. The molecule has 0 N–H and O–H groups in total. The molecule has 0 fully saturated rings. The van der Waals surface area contributed by atoms with Gasteiger partial charge < -0.3 is 4.74 Å². The number of aromatic nitrogens is 3. The number of halogens is 2. The molecular weight excluding hydrogens is 433 g/mol. The maximum Gasteiger partial charge on any atom is 0.154 e. The molecule has 0 amide bonds. The molecule has 0 spiro atoms. The highest BCUT2D eigenvalue weighted by molar-refractivity contribution is 8.01. The Morgan fingerprint density at radius 1 is 1.07 bits per heavy atom. The molecule has 0 saturated heterocycles. The zero-order valence-corrected chi connectivity index (χ0v) is 18.2. The summed E-state index contributed by atoms with van der Waals surface area (Å²) in [6.45, 7) is 4.21. The highest BCUT2D eigenvalue weighted by Gasteiger charge is 2.13.